The fraction of sp³-hybridized carbons (Fsp3) is 0.636. The van der Waals surface area contributed by atoms with Crippen LogP contribution < -0.4 is 10.6 Å². The van der Waals surface area contributed by atoms with Crippen molar-refractivity contribution in [3.63, 3.8) is 0 Å². The van der Waals surface area contributed by atoms with E-state index in [0.717, 1.165) is 31.5 Å². The zero-order valence-corrected chi connectivity index (χ0v) is 18.1. The number of amides is 1. The number of nitrogens with one attached hydrogen (secondary N) is 2. The van der Waals surface area contributed by atoms with Gasteiger partial charge in [0.15, 0.2) is 5.96 Å². The number of hydrogen-bond donors (Lipinski definition) is 3. The Hall–Kier alpha value is -2.28. The summed E-state index contributed by atoms with van der Waals surface area (Å²) in [6.07, 6.45) is 1.79. The van der Waals surface area contributed by atoms with E-state index in [1.54, 1.807) is 11.9 Å². The Morgan fingerprint density at radius 3 is 2.66 bits per heavy atom. The monoisotopic (exact) mass is 404 g/mol. The van der Waals surface area contributed by atoms with Crippen molar-refractivity contribution < 1.29 is 14.6 Å². The van der Waals surface area contributed by atoms with Gasteiger partial charge in [0.2, 0.25) is 0 Å². The number of aliphatic imine (C=N–C) groups is 1. The highest BCUT2D eigenvalue weighted by Gasteiger charge is 2.27. The molecule has 1 aliphatic rings. The highest BCUT2D eigenvalue weighted by Crippen LogP contribution is 2.19. The fourth-order valence-electron chi connectivity index (χ4n) is 3.42. The molecule has 1 aliphatic heterocycles. The second-order valence-corrected chi connectivity index (χ2v) is 8.56. The number of aliphatic hydroxyl groups is 1. The number of nitrogens with zero attached hydrogens (tertiary/aromatic N) is 2. The Bertz CT molecular complexity index is 658. The van der Waals surface area contributed by atoms with Crippen molar-refractivity contribution >= 4 is 12.1 Å². The van der Waals surface area contributed by atoms with Crippen molar-refractivity contribution in [2.45, 2.75) is 45.1 Å². The van der Waals surface area contributed by atoms with Crippen LogP contribution in [0.5, 0.6) is 0 Å². The molecule has 1 aromatic carbocycles. The van der Waals surface area contributed by atoms with Gasteiger partial charge in [-0.05, 0) is 45.1 Å². The molecule has 1 saturated heterocycles. The lowest BCUT2D eigenvalue weighted by Crippen LogP contribution is -2.47. The van der Waals surface area contributed by atoms with Gasteiger partial charge in [0.25, 0.3) is 0 Å². The molecule has 7 heteroatoms. The largest absolute Gasteiger partial charge is 0.444 e. The van der Waals surface area contributed by atoms with E-state index in [1.165, 1.54) is 0 Å². The van der Waals surface area contributed by atoms with Gasteiger partial charge in [0.1, 0.15) is 5.60 Å². The minimum absolute atomic E-state index is 0.00657. The molecule has 0 spiro atoms. The lowest BCUT2D eigenvalue weighted by molar-refractivity contribution is 0.0168. The first kappa shape index (κ1) is 23.0. The predicted octanol–water partition coefficient (Wildman–Crippen LogP) is 2.57. The van der Waals surface area contributed by atoms with Crippen molar-refractivity contribution in [3.05, 3.63) is 35.9 Å². The predicted molar refractivity (Wildman–Crippen MR) is 116 cm³/mol. The number of benzene rings is 1. The summed E-state index contributed by atoms with van der Waals surface area (Å²) in [7, 11) is 1.74. The number of rotatable bonds is 6. The molecule has 0 aliphatic carbocycles. The maximum Gasteiger partial charge on any atom is 0.410 e. The Kier molecular flexibility index (Phi) is 8.76. The van der Waals surface area contributed by atoms with Gasteiger partial charge >= 0.3 is 6.09 Å². The first-order valence-electron chi connectivity index (χ1n) is 10.4. The van der Waals surface area contributed by atoms with Crippen LogP contribution in [0.1, 0.15) is 45.1 Å². The normalized spacial score (nSPS) is 18.9. The molecule has 1 aromatic rings. The molecule has 0 radical (unpaired) electrons. The average molecular weight is 405 g/mol. The zero-order valence-electron chi connectivity index (χ0n) is 18.1. The van der Waals surface area contributed by atoms with Gasteiger partial charge < -0.3 is 25.4 Å². The van der Waals surface area contributed by atoms with Crippen LogP contribution >= 0.6 is 0 Å². The molecule has 1 amide bonds. The van der Waals surface area contributed by atoms with Crippen LogP contribution in [0.15, 0.2) is 35.3 Å². The minimum Gasteiger partial charge on any atom is -0.444 e. The van der Waals surface area contributed by atoms with Crippen LogP contribution in [0, 0.1) is 5.92 Å². The molecule has 0 saturated carbocycles. The van der Waals surface area contributed by atoms with Gasteiger partial charge in [-0.2, -0.15) is 0 Å². The Morgan fingerprint density at radius 2 is 2.03 bits per heavy atom. The molecule has 3 N–H and O–H groups in total. The van der Waals surface area contributed by atoms with Crippen LogP contribution in [-0.4, -0.2) is 67.5 Å². The van der Waals surface area contributed by atoms with Crippen LogP contribution in [0.2, 0.25) is 0 Å². The van der Waals surface area contributed by atoms with E-state index < -0.39 is 5.60 Å². The van der Waals surface area contributed by atoms with E-state index in [9.17, 15) is 9.90 Å². The number of hydrogen-bond acceptors (Lipinski definition) is 4. The molecule has 2 unspecified atom stereocenters. The highest BCUT2D eigenvalue weighted by molar-refractivity contribution is 5.79. The molecule has 29 heavy (non-hydrogen) atoms. The highest BCUT2D eigenvalue weighted by atomic mass is 16.6. The summed E-state index contributed by atoms with van der Waals surface area (Å²) in [5, 5.41) is 16.4. The molecule has 2 atom stereocenters. The topological polar surface area (TPSA) is 86.2 Å². The Labute approximate surface area is 174 Å². The van der Waals surface area contributed by atoms with Gasteiger partial charge in [0.05, 0.1) is 6.61 Å². The average Bonchev–Trinajstić information content (AvgIpc) is 2.70. The van der Waals surface area contributed by atoms with Gasteiger partial charge in [-0.25, -0.2) is 4.79 Å². The van der Waals surface area contributed by atoms with Gasteiger partial charge in [-0.3, -0.25) is 4.99 Å². The summed E-state index contributed by atoms with van der Waals surface area (Å²) in [6, 6.07) is 9.96. The first-order valence-corrected chi connectivity index (χ1v) is 10.4. The van der Waals surface area contributed by atoms with Crippen molar-refractivity contribution in [2.75, 3.05) is 39.8 Å². The Balaban J connectivity index is 1.80. The number of likely N-dealkylation sites (tertiary alicyclic amines) is 1. The minimum atomic E-state index is -0.476. The molecule has 0 aromatic heterocycles. The lowest BCUT2D eigenvalue weighted by Gasteiger charge is -2.34. The lowest BCUT2D eigenvalue weighted by atomic mass is 9.98. The fourth-order valence-corrected chi connectivity index (χ4v) is 3.42. The molecular weight excluding hydrogens is 368 g/mol. The van der Waals surface area contributed by atoms with E-state index >= 15 is 0 Å². The number of carbonyl (C=O) groups excluding carboxylic acids is 1. The zero-order chi connectivity index (χ0) is 21.3. The summed E-state index contributed by atoms with van der Waals surface area (Å²) in [6.45, 7) is 8.48. The quantitative estimate of drug-likeness (QED) is 0.501. The molecule has 0 bridgehead atoms. The van der Waals surface area contributed by atoms with E-state index in [-0.39, 0.29) is 18.6 Å². The van der Waals surface area contributed by atoms with Gasteiger partial charge in [0, 0.05) is 39.1 Å². The number of ether oxygens (including phenoxy) is 1. The van der Waals surface area contributed by atoms with Crippen molar-refractivity contribution in [1.82, 2.24) is 15.5 Å². The third-order valence-electron chi connectivity index (χ3n) is 4.96. The molecule has 7 nitrogen and oxygen atoms in total. The van der Waals surface area contributed by atoms with Gasteiger partial charge in [-0.15, -0.1) is 0 Å². The molecular formula is C22H36N4O3. The van der Waals surface area contributed by atoms with E-state index in [0.29, 0.717) is 25.0 Å². The summed E-state index contributed by atoms with van der Waals surface area (Å²) < 4.78 is 5.50. The standard InChI is InChI=1S/C22H36N4O3/c1-22(2,3)29-21(28)26-12-8-9-17(15-26)13-24-20(23-4)25-14-19(16-27)18-10-6-5-7-11-18/h5-7,10-11,17,19,27H,8-9,12-16H2,1-4H3,(H2,23,24,25). The van der Waals surface area contributed by atoms with Crippen LogP contribution in [0.3, 0.4) is 0 Å². The van der Waals surface area contributed by atoms with Crippen molar-refractivity contribution in [1.29, 1.82) is 0 Å². The van der Waals surface area contributed by atoms with Crippen LogP contribution in [0.25, 0.3) is 0 Å². The number of guanidine groups is 1. The van der Waals surface area contributed by atoms with Crippen molar-refractivity contribution in [3.8, 4) is 0 Å². The second-order valence-electron chi connectivity index (χ2n) is 8.56. The third kappa shape index (κ3) is 7.93. The van der Waals surface area contributed by atoms with Crippen LogP contribution in [0.4, 0.5) is 4.79 Å². The summed E-state index contributed by atoms with van der Waals surface area (Å²) >= 11 is 0. The number of piperidine rings is 1. The molecule has 1 heterocycles. The van der Waals surface area contributed by atoms with Crippen molar-refractivity contribution in [2.24, 2.45) is 10.9 Å². The molecule has 162 valence electrons. The van der Waals surface area contributed by atoms with Gasteiger partial charge in [-0.1, -0.05) is 30.3 Å². The van der Waals surface area contributed by atoms with E-state index in [4.69, 9.17) is 4.74 Å². The van der Waals surface area contributed by atoms with E-state index in [1.807, 2.05) is 51.1 Å². The summed E-state index contributed by atoms with van der Waals surface area (Å²) in [5.41, 5.74) is 0.620. The third-order valence-corrected chi connectivity index (χ3v) is 4.96. The van der Waals surface area contributed by atoms with E-state index in [2.05, 4.69) is 15.6 Å². The number of carbonyl (C=O) groups is 1. The SMILES string of the molecule is CN=C(NCC1CCCN(C(=O)OC(C)(C)C)C1)NCC(CO)c1ccccc1. The maximum atomic E-state index is 12.3. The smallest absolute Gasteiger partial charge is 0.410 e. The number of aliphatic hydroxyl groups excluding tert-OH is 1. The first-order chi connectivity index (χ1) is 13.8. The van der Waals surface area contributed by atoms with Crippen LogP contribution in [-0.2, 0) is 4.74 Å². The summed E-state index contributed by atoms with van der Waals surface area (Å²) in [4.78, 5) is 18.4. The molecule has 2 rings (SSSR count). The molecule has 1 fully saturated rings. The summed E-state index contributed by atoms with van der Waals surface area (Å²) in [5.74, 6) is 1.05. The maximum absolute atomic E-state index is 12.3. The second kappa shape index (κ2) is 11.0. The Morgan fingerprint density at radius 1 is 1.31 bits per heavy atom.